The minimum atomic E-state index is -2.86. The third-order valence-electron chi connectivity index (χ3n) is 4.76. The number of hydrogen-bond donors (Lipinski definition) is 0. The van der Waals surface area contributed by atoms with Crippen LogP contribution >= 0.6 is 27.3 Å². The second-order valence-electron chi connectivity index (χ2n) is 6.77. The number of aromatic nitrogens is 1. The number of para-hydroxylation sites is 1. The van der Waals surface area contributed by atoms with Crippen LogP contribution < -0.4 is 14.3 Å². The van der Waals surface area contributed by atoms with Crippen LogP contribution in [0.3, 0.4) is 0 Å². The van der Waals surface area contributed by atoms with E-state index in [-0.39, 0.29) is 5.75 Å². The van der Waals surface area contributed by atoms with Gasteiger partial charge in [0.1, 0.15) is 11.5 Å². The molecule has 0 saturated carbocycles. The second kappa shape index (κ2) is 10.1. The van der Waals surface area contributed by atoms with Crippen molar-refractivity contribution in [3.8, 4) is 22.8 Å². The maximum absolute atomic E-state index is 12.4. The predicted octanol–water partition coefficient (Wildman–Crippen LogP) is 6.87. The standard InChI is InChI=1S/C24H19BrF2N2O2S/c1-30-22-9-5-2-6-16(22)14-29-21(19-7-3-4-8-20(19)25)15-32-24(29)28-17-10-12-18(13-11-17)31-23(26)27/h2-13,15,23H,14H2,1H3. The zero-order valence-electron chi connectivity index (χ0n) is 17.0. The summed E-state index contributed by atoms with van der Waals surface area (Å²) in [5, 5.41) is 2.06. The van der Waals surface area contributed by atoms with E-state index in [1.807, 2.05) is 48.5 Å². The Balaban J connectivity index is 1.80. The zero-order chi connectivity index (χ0) is 22.5. The van der Waals surface area contributed by atoms with Crippen LogP contribution in [0.2, 0.25) is 0 Å². The molecular weight excluding hydrogens is 498 g/mol. The van der Waals surface area contributed by atoms with Crippen LogP contribution in [-0.4, -0.2) is 18.3 Å². The molecule has 1 aromatic heterocycles. The summed E-state index contributed by atoms with van der Waals surface area (Å²) >= 11 is 5.15. The van der Waals surface area contributed by atoms with Gasteiger partial charge in [0.15, 0.2) is 4.80 Å². The summed E-state index contributed by atoms with van der Waals surface area (Å²) < 4.78 is 37.9. The van der Waals surface area contributed by atoms with Crippen LogP contribution in [-0.2, 0) is 6.54 Å². The lowest BCUT2D eigenvalue weighted by molar-refractivity contribution is -0.0498. The molecule has 4 aromatic rings. The summed E-state index contributed by atoms with van der Waals surface area (Å²) in [6.07, 6.45) is 0. The maximum Gasteiger partial charge on any atom is 0.387 e. The first kappa shape index (κ1) is 22.2. The highest BCUT2D eigenvalue weighted by Gasteiger charge is 2.13. The third kappa shape index (κ3) is 5.08. The number of alkyl halides is 2. The molecule has 0 radical (unpaired) electrons. The molecule has 4 nitrogen and oxygen atoms in total. The number of rotatable bonds is 7. The molecule has 0 spiro atoms. The molecule has 0 N–H and O–H groups in total. The van der Waals surface area contributed by atoms with Gasteiger partial charge in [-0.3, -0.25) is 0 Å². The number of methoxy groups -OCH3 is 1. The van der Waals surface area contributed by atoms with Crippen LogP contribution in [0, 0.1) is 0 Å². The van der Waals surface area contributed by atoms with Crippen molar-refractivity contribution in [2.45, 2.75) is 13.2 Å². The number of halogens is 3. The molecule has 0 aliphatic carbocycles. The summed E-state index contributed by atoms with van der Waals surface area (Å²) in [6.45, 7) is -2.31. The molecule has 0 fully saturated rings. The first-order valence-electron chi connectivity index (χ1n) is 9.70. The molecule has 0 atom stereocenters. The molecule has 4 rings (SSSR count). The van der Waals surface area contributed by atoms with E-state index < -0.39 is 6.61 Å². The van der Waals surface area contributed by atoms with Crippen LogP contribution in [0.4, 0.5) is 14.5 Å². The van der Waals surface area contributed by atoms with Crippen molar-refractivity contribution >= 4 is 33.0 Å². The fourth-order valence-electron chi connectivity index (χ4n) is 3.27. The van der Waals surface area contributed by atoms with Crippen molar-refractivity contribution in [1.82, 2.24) is 4.57 Å². The minimum Gasteiger partial charge on any atom is -0.496 e. The molecule has 32 heavy (non-hydrogen) atoms. The molecule has 164 valence electrons. The molecule has 3 aromatic carbocycles. The van der Waals surface area contributed by atoms with E-state index in [9.17, 15) is 8.78 Å². The zero-order valence-corrected chi connectivity index (χ0v) is 19.4. The SMILES string of the molecule is COc1ccccc1Cn1c(-c2ccccc2Br)csc1=Nc1ccc(OC(F)F)cc1. The van der Waals surface area contributed by atoms with Gasteiger partial charge in [-0.15, -0.1) is 11.3 Å². The molecule has 0 unspecified atom stereocenters. The number of hydrogen-bond acceptors (Lipinski definition) is 4. The topological polar surface area (TPSA) is 35.8 Å². The molecule has 0 saturated heterocycles. The summed E-state index contributed by atoms with van der Waals surface area (Å²) in [4.78, 5) is 5.54. The maximum atomic E-state index is 12.4. The van der Waals surface area contributed by atoms with Crippen molar-refractivity contribution in [2.75, 3.05) is 7.11 Å². The Kier molecular flexibility index (Phi) is 7.02. The van der Waals surface area contributed by atoms with Crippen molar-refractivity contribution in [1.29, 1.82) is 0 Å². The summed E-state index contributed by atoms with van der Waals surface area (Å²) in [6, 6.07) is 22.1. The van der Waals surface area contributed by atoms with E-state index >= 15 is 0 Å². The Hall–Kier alpha value is -2.97. The summed E-state index contributed by atoms with van der Waals surface area (Å²) in [5.74, 6) is 0.893. The number of nitrogens with zero attached hydrogens (tertiary/aromatic N) is 2. The lowest BCUT2D eigenvalue weighted by Gasteiger charge is -2.13. The largest absolute Gasteiger partial charge is 0.496 e. The summed E-state index contributed by atoms with van der Waals surface area (Å²) in [5.41, 5.74) is 3.70. The van der Waals surface area contributed by atoms with Crippen LogP contribution in [0.5, 0.6) is 11.5 Å². The van der Waals surface area contributed by atoms with Crippen molar-refractivity contribution < 1.29 is 18.3 Å². The smallest absolute Gasteiger partial charge is 0.387 e. The Morgan fingerprint density at radius 3 is 2.44 bits per heavy atom. The quantitative estimate of drug-likeness (QED) is 0.268. The van der Waals surface area contributed by atoms with Crippen molar-refractivity contribution in [3.63, 3.8) is 0 Å². The van der Waals surface area contributed by atoms with E-state index in [4.69, 9.17) is 9.73 Å². The van der Waals surface area contributed by atoms with E-state index in [1.54, 1.807) is 19.2 Å². The Bertz CT molecular complexity index is 1270. The average Bonchev–Trinajstić information content (AvgIpc) is 3.17. The Morgan fingerprint density at radius 1 is 1.00 bits per heavy atom. The van der Waals surface area contributed by atoms with E-state index in [1.165, 1.54) is 23.5 Å². The van der Waals surface area contributed by atoms with Gasteiger partial charge in [-0.1, -0.05) is 52.3 Å². The molecule has 8 heteroatoms. The lowest BCUT2D eigenvalue weighted by atomic mass is 10.1. The highest BCUT2D eigenvalue weighted by molar-refractivity contribution is 9.10. The number of ether oxygens (including phenoxy) is 2. The van der Waals surface area contributed by atoms with Crippen LogP contribution in [0.15, 0.2) is 87.6 Å². The van der Waals surface area contributed by atoms with Gasteiger partial charge in [-0.25, -0.2) is 4.99 Å². The first-order chi connectivity index (χ1) is 15.5. The summed E-state index contributed by atoms with van der Waals surface area (Å²) in [7, 11) is 1.65. The highest BCUT2D eigenvalue weighted by Crippen LogP contribution is 2.30. The fraction of sp³-hybridized carbons (Fsp3) is 0.125. The second-order valence-corrected chi connectivity index (χ2v) is 8.46. The van der Waals surface area contributed by atoms with Gasteiger partial charge in [0.05, 0.1) is 25.0 Å². The van der Waals surface area contributed by atoms with Gasteiger partial charge in [0, 0.05) is 21.0 Å². The van der Waals surface area contributed by atoms with Gasteiger partial charge in [0.2, 0.25) is 0 Å². The van der Waals surface area contributed by atoms with Crippen molar-refractivity contribution in [2.24, 2.45) is 4.99 Å². The minimum absolute atomic E-state index is 0.0981. The van der Waals surface area contributed by atoms with Gasteiger partial charge < -0.3 is 14.0 Å². The first-order valence-corrected chi connectivity index (χ1v) is 11.4. The highest BCUT2D eigenvalue weighted by atomic mass is 79.9. The van der Waals surface area contributed by atoms with Gasteiger partial charge in [-0.05, 0) is 36.4 Å². The third-order valence-corrected chi connectivity index (χ3v) is 6.31. The monoisotopic (exact) mass is 516 g/mol. The van der Waals surface area contributed by atoms with E-state index in [0.717, 1.165) is 31.8 Å². The molecule has 0 aliphatic rings. The fourth-order valence-corrected chi connectivity index (χ4v) is 4.68. The normalized spacial score (nSPS) is 11.7. The van der Waals surface area contributed by atoms with Crippen molar-refractivity contribution in [3.05, 3.63) is 93.0 Å². The number of benzene rings is 3. The van der Waals surface area contributed by atoms with Crippen LogP contribution in [0.1, 0.15) is 5.56 Å². The molecule has 1 heterocycles. The molecule has 0 aliphatic heterocycles. The van der Waals surface area contributed by atoms with Crippen LogP contribution in [0.25, 0.3) is 11.3 Å². The molecule has 0 bridgehead atoms. The average molecular weight is 517 g/mol. The Morgan fingerprint density at radius 2 is 1.72 bits per heavy atom. The van der Waals surface area contributed by atoms with E-state index in [0.29, 0.717) is 12.2 Å². The van der Waals surface area contributed by atoms with E-state index in [2.05, 4.69) is 30.6 Å². The van der Waals surface area contributed by atoms with Gasteiger partial charge in [-0.2, -0.15) is 8.78 Å². The lowest BCUT2D eigenvalue weighted by Crippen LogP contribution is -2.17. The molecular formula is C24H19BrF2N2O2S. The Labute approximate surface area is 196 Å². The molecule has 0 amide bonds. The van der Waals surface area contributed by atoms with Gasteiger partial charge in [0.25, 0.3) is 0 Å². The van der Waals surface area contributed by atoms with Gasteiger partial charge >= 0.3 is 6.61 Å². The predicted molar refractivity (Wildman–Crippen MR) is 126 cm³/mol. The number of thiazole rings is 1.